The molecule has 0 spiro atoms. The van der Waals surface area contributed by atoms with E-state index in [1.165, 1.54) is 24.3 Å². The lowest BCUT2D eigenvalue weighted by Gasteiger charge is -2.03. The number of carboxylic acids is 1. The summed E-state index contributed by atoms with van der Waals surface area (Å²) in [7, 11) is 0. The molecule has 0 aliphatic rings. The van der Waals surface area contributed by atoms with Gasteiger partial charge in [-0.25, -0.2) is 18.6 Å². The predicted octanol–water partition coefficient (Wildman–Crippen LogP) is 3.15. The maximum atomic E-state index is 13.1. The summed E-state index contributed by atoms with van der Waals surface area (Å²) >= 11 is 0. The third-order valence-corrected chi connectivity index (χ3v) is 3.11. The number of hydrogen-bond acceptors (Lipinski definition) is 3. The molecule has 0 aliphatic heterocycles. The van der Waals surface area contributed by atoms with Crippen molar-refractivity contribution in [3.8, 4) is 0 Å². The number of hydrogen-bond donors (Lipinski definition) is 3. The van der Waals surface area contributed by atoms with Gasteiger partial charge in [-0.1, -0.05) is 0 Å². The van der Waals surface area contributed by atoms with E-state index < -0.39 is 17.6 Å². The van der Waals surface area contributed by atoms with Crippen LogP contribution in [-0.2, 0) is 6.54 Å². The molecule has 22 heavy (non-hydrogen) atoms. The van der Waals surface area contributed by atoms with E-state index in [9.17, 15) is 13.6 Å². The molecule has 0 aliphatic carbocycles. The molecule has 5 nitrogen and oxygen atoms in total. The number of halogens is 2. The van der Waals surface area contributed by atoms with Crippen LogP contribution in [0.3, 0.4) is 0 Å². The van der Waals surface area contributed by atoms with Crippen LogP contribution in [0.4, 0.5) is 14.7 Å². The molecule has 0 amide bonds. The van der Waals surface area contributed by atoms with E-state index in [2.05, 4.69) is 15.3 Å². The SMILES string of the molecule is O=C(O)c1ccc2nc(NCc3cc(F)cc(F)c3)[nH]c2c1. The number of aromatic amines is 1. The van der Waals surface area contributed by atoms with Crippen molar-refractivity contribution >= 4 is 23.0 Å². The molecule has 0 radical (unpaired) electrons. The molecule has 3 aromatic rings. The minimum absolute atomic E-state index is 0.148. The third kappa shape index (κ3) is 2.88. The van der Waals surface area contributed by atoms with Gasteiger partial charge in [0.05, 0.1) is 16.6 Å². The molecular formula is C15H11F2N3O2. The van der Waals surface area contributed by atoms with Gasteiger partial charge in [0.15, 0.2) is 0 Å². The average Bonchev–Trinajstić information content (AvgIpc) is 2.85. The second kappa shape index (κ2) is 5.44. The van der Waals surface area contributed by atoms with Gasteiger partial charge in [-0.05, 0) is 35.9 Å². The van der Waals surface area contributed by atoms with E-state index >= 15 is 0 Å². The first-order valence-electron chi connectivity index (χ1n) is 6.43. The van der Waals surface area contributed by atoms with Gasteiger partial charge in [0.25, 0.3) is 0 Å². The Labute approximate surface area is 123 Å². The van der Waals surface area contributed by atoms with E-state index in [1.807, 2.05) is 0 Å². The number of anilines is 1. The molecule has 0 saturated carbocycles. The smallest absolute Gasteiger partial charge is 0.335 e. The minimum Gasteiger partial charge on any atom is -0.478 e. The summed E-state index contributed by atoms with van der Waals surface area (Å²) in [5.74, 6) is -1.93. The van der Waals surface area contributed by atoms with Crippen LogP contribution in [0.15, 0.2) is 36.4 Å². The van der Waals surface area contributed by atoms with Crippen molar-refractivity contribution in [3.63, 3.8) is 0 Å². The Morgan fingerprint density at radius 1 is 1.18 bits per heavy atom. The normalized spacial score (nSPS) is 10.8. The van der Waals surface area contributed by atoms with Crippen molar-refractivity contribution in [2.45, 2.75) is 6.54 Å². The van der Waals surface area contributed by atoms with Crippen LogP contribution in [0.25, 0.3) is 11.0 Å². The molecule has 3 rings (SSSR count). The number of carboxylic acid groups (broad SMARTS) is 1. The molecule has 3 N–H and O–H groups in total. The van der Waals surface area contributed by atoms with E-state index in [0.717, 1.165) is 6.07 Å². The van der Waals surface area contributed by atoms with Gasteiger partial charge in [-0.3, -0.25) is 0 Å². The number of aromatic carboxylic acids is 1. The molecule has 0 unspecified atom stereocenters. The van der Waals surface area contributed by atoms with Gasteiger partial charge < -0.3 is 15.4 Å². The van der Waals surface area contributed by atoms with Crippen LogP contribution in [0.5, 0.6) is 0 Å². The van der Waals surface area contributed by atoms with E-state index in [0.29, 0.717) is 22.5 Å². The number of fused-ring (bicyclic) bond motifs is 1. The van der Waals surface area contributed by atoms with Crippen molar-refractivity contribution in [1.82, 2.24) is 9.97 Å². The van der Waals surface area contributed by atoms with Crippen LogP contribution in [0.2, 0.25) is 0 Å². The van der Waals surface area contributed by atoms with Crippen LogP contribution >= 0.6 is 0 Å². The minimum atomic E-state index is -1.03. The van der Waals surface area contributed by atoms with E-state index in [1.54, 1.807) is 6.07 Å². The number of H-pyrrole nitrogens is 1. The largest absolute Gasteiger partial charge is 0.478 e. The van der Waals surface area contributed by atoms with Gasteiger partial charge in [0, 0.05) is 12.6 Å². The van der Waals surface area contributed by atoms with Crippen LogP contribution in [-0.4, -0.2) is 21.0 Å². The number of carbonyl (C=O) groups is 1. The molecule has 2 aromatic carbocycles. The van der Waals surface area contributed by atoms with E-state index in [-0.39, 0.29) is 12.1 Å². The average molecular weight is 303 g/mol. The van der Waals surface area contributed by atoms with Crippen LogP contribution in [0.1, 0.15) is 15.9 Å². The van der Waals surface area contributed by atoms with Crippen molar-refractivity contribution < 1.29 is 18.7 Å². The van der Waals surface area contributed by atoms with Gasteiger partial charge in [-0.2, -0.15) is 0 Å². The number of nitrogens with zero attached hydrogens (tertiary/aromatic N) is 1. The zero-order valence-electron chi connectivity index (χ0n) is 11.2. The second-order valence-corrected chi connectivity index (χ2v) is 4.75. The molecule has 1 aromatic heterocycles. The Morgan fingerprint density at radius 3 is 2.59 bits per heavy atom. The molecule has 0 bridgehead atoms. The lowest BCUT2D eigenvalue weighted by molar-refractivity contribution is 0.0697. The Kier molecular flexibility index (Phi) is 3.46. The van der Waals surface area contributed by atoms with E-state index in [4.69, 9.17) is 5.11 Å². The number of aromatic nitrogens is 2. The van der Waals surface area contributed by atoms with Crippen molar-refractivity contribution in [2.75, 3.05) is 5.32 Å². The highest BCUT2D eigenvalue weighted by atomic mass is 19.1. The quantitative estimate of drug-likeness (QED) is 0.692. The highest BCUT2D eigenvalue weighted by Gasteiger charge is 2.08. The highest BCUT2D eigenvalue weighted by molar-refractivity contribution is 5.92. The Hall–Kier alpha value is -2.96. The van der Waals surface area contributed by atoms with Crippen molar-refractivity contribution in [1.29, 1.82) is 0 Å². The highest BCUT2D eigenvalue weighted by Crippen LogP contribution is 2.17. The fraction of sp³-hybridized carbons (Fsp3) is 0.0667. The Bertz CT molecular complexity index is 841. The Morgan fingerprint density at radius 2 is 1.91 bits per heavy atom. The topological polar surface area (TPSA) is 78.0 Å². The summed E-state index contributed by atoms with van der Waals surface area (Å²) in [6.07, 6.45) is 0. The summed E-state index contributed by atoms with van der Waals surface area (Å²) in [5.41, 5.74) is 1.74. The maximum Gasteiger partial charge on any atom is 0.335 e. The summed E-state index contributed by atoms with van der Waals surface area (Å²) < 4.78 is 26.2. The third-order valence-electron chi connectivity index (χ3n) is 3.11. The number of imidazole rings is 1. The first-order valence-corrected chi connectivity index (χ1v) is 6.43. The molecule has 1 heterocycles. The fourth-order valence-corrected chi connectivity index (χ4v) is 2.13. The van der Waals surface area contributed by atoms with Crippen molar-refractivity contribution in [2.24, 2.45) is 0 Å². The molecule has 0 fully saturated rings. The lowest BCUT2D eigenvalue weighted by atomic mass is 10.2. The summed E-state index contributed by atoms with van der Waals surface area (Å²) in [4.78, 5) is 18.0. The zero-order valence-corrected chi connectivity index (χ0v) is 11.2. The lowest BCUT2D eigenvalue weighted by Crippen LogP contribution is -2.01. The fourth-order valence-electron chi connectivity index (χ4n) is 2.13. The van der Waals surface area contributed by atoms with Gasteiger partial charge in [0.2, 0.25) is 5.95 Å². The summed E-state index contributed by atoms with van der Waals surface area (Å²) in [5, 5.41) is 11.8. The van der Waals surface area contributed by atoms with Crippen LogP contribution in [0, 0.1) is 11.6 Å². The molecule has 0 saturated heterocycles. The molecular weight excluding hydrogens is 292 g/mol. The molecule has 0 atom stereocenters. The maximum absolute atomic E-state index is 13.1. The monoisotopic (exact) mass is 303 g/mol. The van der Waals surface area contributed by atoms with Crippen molar-refractivity contribution in [3.05, 3.63) is 59.2 Å². The van der Waals surface area contributed by atoms with Gasteiger partial charge >= 0.3 is 5.97 Å². The zero-order chi connectivity index (χ0) is 15.7. The summed E-state index contributed by atoms with van der Waals surface area (Å²) in [6.45, 7) is 0.181. The molecule has 112 valence electrons. The first kappa shape index (κ1) is 14.0. The standard InChI is InChI=1S/C15H11F2N3O2/c16-10-3-8(4-11(17)6-10)7-18-15-19-12-2-1-9(14(21)22)5-13(12)20-15/h1-6H,7H2,(H,21,22)(H2,18,19,20). The number of nitrogens with one attached hydrogen (secondary N) is 2. The predicted molar refractivity (Wildman–Crippen MR) is 76.7 cm³/mol. The molecule has 7 heteroatoms. The second-order valence-electron chi connectivity index (χ2n) is 4.75. The first-order chi connectivity index (χ1) is 10.5. The Balaban J connectivity index is 1.80. The van der Waals surface area contributed by atoms with Gasteiger partial charge in [-0.15, -0.1) is 0 Å². The van der Waals surface area contributed by atoms with Crippen LogP contribution < -0.4 is 5.32 Å². The number of benzene rings is 2. The van der Waals surface area contributed by atoms with Gasteiger partial charge in [0.1, 0.15) is 11.6 Å². The number of rotatable bonds is 4. The summed E-state index contributed by atoms with van der Waals surface area (Å²) in [6, 6.07) is 7.76.